The average molecular weight is 449 g/mol. The largest absolute Gasteiger partial charge is 0.369 e. The van der Waals surface area contributed by atoms with Gasteiger partial charge in [-0.15, -0.1) is 11.8 Å². The van der Waals surface area contributed by atoms with Gasteiger partial charge in [-0.1, -0.05) is 24.3 Å². The molecule has 1 heterocycles. The van der Waals surface area contributed by atoms with Gasteiger partial charge in [0, 0.05) is 17.5 Å². The van der Waals surface area contributed by atoms with Crippen molar-refractivity contribution in [3.8, 4) is 0 Å². The van der Waals surface area contributed by atoms with Crippen LogP contribution in [-0.2, 0) is 9.13 Å². The maximum Gasteiger partial charge on any atom is 0.369 e. The second-order valence-corrected chi connectivity index (χ2v) is 12.1. The average Bonchev–Trinajstić information content (AvgIpc) is 3.04. The zero-order valence-corrected chi connectivity index (χ0v) is 17.9. The molecule has 5 N–H and O–H groups in total. The molecule has 156 valence electrons. The Hall–Kier alpha value is -0.760. The quantitative estimate of drug-likeness (QED) is 0.208. The second-order valence-electron chi connectivity index (χ2n) is 6.93. The summed E-state index contributed by atoms with van der Waals surface area (Å²) in [6.45, 7) is 1.71. The topological polar surface area (TPSA) is 148 Å². The summed E-state index contributed by atoms with van der Waals surface area (Å²) in [4.78, 5) is 43.3. The first-order valence-electron chi connectivity index (χ1n) is 8.64. The smallest absolute Gasteiger partial charge is 0.368 e. The summed E-state index contributed by atoms with van der Waals surface area (Å²) >= 11 is 1.61. The number of allylic oxidation sites excluding steroid dienone is 1. The summed E-state index contributed by atoms with van der Waals surface area (Å²) in [5.41, 5.74) is -0.907. The van der Waals surface area contributed by atoms with Crippen LogP contribution in [-0.4, -0.2) is 47.3 Å². The van der Waals surface area contributed by atoms with Gasteiger partial charge >= 0.3 is 15.2 Å². The predicted octanol–water partition coefficient (Wildman–Crippen LogP) is 2.97. The van der Waals surface area contributed by atoms with Gasteiger partial charge in [0.05, 0.1) is 5.54 Å². The van der Waals surface area contributed by atoms with Crippen LogP contribution >= 0.6 is 27.0 Å². The molecule has 1 aliphatic heterocycles. The number of hydrogen-bond donors (Lipinski definition) is 5. The normalized spacial score (nSPS) is 21.2. The van der Waals surface area contributed by atoms with Gasteiger partial charge in [0.15, 0.2) is 0 Å². The summed E-state index contributed by atoms with van der Waals surface area (Å²) in [5, 5.41) is 6.92. The molecule has 0 fully saturated rings. The number of aliphatic hydroxyl groups is 1. The minimum atomic E-state index is -5.51. The summed E-state index contributed by atoms with van der Waals surface area (Å²) in [6, 6.07) is 9.69. The number of rotatable bonds is 10. The van der Waals surface area contributed by atoms with Gasteiger partial charge in [-0.3, -0.25) is 14.1 Å². The van der Waals surface area contributed by atoms with Crippen LogP contribution in [0.2, 0.25) is 0 Å². The molecule has 1 aromatic carbocycles. The van der Waals surface area contributed by atoms with Crippen molar-refractivity contribution < 1.29 is 33.8 Å². The van der Waals surface area contributed by atoms with E-state index in [0.717, 1.165) is 4.90 Å². The molecule has 0 saturated carbocycles. The van der Waals surface area contributed by atoms with Gasteiger partial charge in [-0.25, -0.2) is 0 Å². The van der Waals surface area contributed by atoms with E-state index in [1.165, 1.54) is 6.21 Å². The van der Waals surface area contributed by atoms with E-state index < -0.39 is 38.2 Å². The molecular formula is C17H25NO7P2S. The van der Waals surface area contributed by atoms with E-state index in [-0.39, 0.29) is 0 Å². The van der Waals surface area contributed by atoms with Gasteiger partial charge in [-0.2, -0.15) is 0 Å². The Bertz CT molecular complexity index is 784. The van der Waals surface area contributed by atoms with E-state index in [1.54, 1.807) is 30.8 Å². The van der Waals surface area contributed by atoms with Crippen molar-refractivity contribution in [3.63, 3.8) is 0 Å². The van der Waals surface area contributed by atoms with Gasteiger partial charge in [0.2, 0.25) is 0 Å². The number of hydrogen-bond acceptors (Lipinski definition) is 5. The molecule has 0 radical (unpaired) electrons. The Morgan fingerprint density at radius 1 is 1.14 bits per heavy atom. The third-order valence-corrected chi connectivity index (χ3v) is 9.75. The second kappa shape index (κ2) is 8.94. The Balaban J connectivity index is 2.16. The van der Waals surface area contributed by atoms with Crippen LogP contribution in [0.4, 0.5) is 0 Å². The number of thioether (sulfide) groups is 1. The Labute approximate surface area is 168 Å². The lowest BCUT2D eigenvalue weighted by Crippen LogP contribution is -2.39. The van der Waals surface area contributed by atoms with Crippen LogP contribution in [0.5, 0.6) is 0 Å². The highest BCUT2D eigenvalue weighted by Crippen LogP contribution is 2.70. The zero-order valence-electron chi connectivity index (χ0n) is 15.3. The van der Waals surface area contributed by atoms with E-state index >= 15 is 0 Å². The fourth-order valence-electron chi connectivity index (χ4n) is 3.10. The number of nitrogens with zero attached hydrogens (tertiary/aromatic N) is 1. The standard InChI is InChI=1S/C17H25NO7P2S/c1-16(10-6-11-18-16)14(7-5-12-28-15-8-3-2-4-9-15)13-17(19,26(20,21)22)27(23,24)25/h2-4,6,8-11,14,19H,5,7,12-13H2,1H3,(H2,20,21,22)(H2,23,24,25). The van der Waals surface area contributed by atoms with Crippen LogP contribution in [0, 0.1) is 5.92 Å². The van der Waals surface area contributed by atoms with Crippen molar-refractivity contribution in [2.45, 2.75) is 41.7 Å². The van der Waals surface area contributed by atoms with E-state index in [1.807, 2.05) is 30.3 Å². The lowest BCUT2D eigenvalue weighted by molar-refractivity contribution is 0.0942. The SMILES string of the molecule is CC1(C(CCCSc2ccccc2)CC(O)(P(=O)(O)O)P(=O)(O)O)C=CC=N1. The molecule has 2 unspecified atom stereocenters. The maximum absolute atomic E-state index is 11.8. The summed E-state index contributed by atoms with van der Waals surface area (Å²) < 4.78 is 23.5. The van der Waals surface area contributed by atoms with Crippen molar-refractivity contribution in [3.05, 3.63) is 42.5 Å². The van der Waals surface area contributed by atoms with Crippen LogP contribution in [0.25, 0.3) is 0 Å². The van der Waals surface area contributed by atoms with Crippen molar-refractivity contribution in [1.82, 2.24) is 0 Å². The molecule has 2 rings (SSSR count). The zero-order chi connectivity index (χ0) is 21.1. The molecule has 0 bridgehead atoms. The lowest BCUT2D eigenvalue weighted by Gasteiger charge is -2.37. The summed E-state index contributed by atoms with van der Waals surface area (Å²) in [6.07, 6.45) is 5.12. The highest BCUT2D eigenvalue weighted by molar-refractivity contribution is 7.99. The van der Waals surface area contributed by atoms with Gasteiger partial charge < -0.3 is 24.7 Å². The van der Waals surface area contributed by atoms with Crippen molar-refractivity contribution in [1.29, 1.82) is 0 Å². The first-order valence-corrected chi connectivity index (χ1v) is 12.8. The van der Waals surface area contributed by atoms with Crippen LogP contribution in [0.15, 0.2) is 52.4 Å². The molecule has 0 spiro atoms. The summed E-state index contributed by atoms with van der Waals surface area (Å²) in [5.74, 6) is 0.0259. The minimum Gasteiger partial charge on any atom is -0.368 e. The fraction of sp³-hybridized carbons (Fsp3) is 0.471. The molecule has 2 atom stereocenters. The third-order valence-electron chi connectivity index (χ3n) is 4.86. The van der Waals surface area contributed by atoms with Crippen molar-refractivity contribution in [2.75, 3.05) is 5.75 Å². The molecule has 1 aromatic rings. The van der Waals surface area contributed by atoms with Gasteiger partial charge in [-0.05, 0) is 49.6 Å². The summed E-state index contributed by atoms with van der Waals surface area (Å²) in [7, 11) is -11.0. The molecule has 8 nitrogen and oxygen atoms in total. The maximum atomic E-state index is 11.8. The Morgan fingerprint density at radius 3 is 2.25 bits per heavy atom. The molecule has 1 aliphatic rings. The van der Waals surface area contributed by atoms with E-state index in [9.17, 15) is 33.8 Å². The molecule has 0 aromatic heterocycles. The first-order chi connectivity index (χ1) is 12.9. The highest BCUT2D eigenvalue weighted by atomic mass is 32.2. The Morgan fingerprint density at radius 2 is 1.75 bits per heavy atom. The van der Waals surface area contributed by atoms with Crippen LogP contribution in [0.3, 0.4) is 0 Å². The molecule has 11 heteroatoms. The molecule has 0 saturated heterocycles. The highest BCUT2D eigenvalue weighted by Gasteiger charge is 2.61. The third kappa shape index (κ3) is 5.43. The van der Waals surface area contributed by atoms with Gasteiger partial charge in [0.1, 0.15) is 0 Å². The van der Waals surface area contributed by atoms with Crippen LogP contribution in [0.1, 0.15) is 26.2 Å². The minimum absolute atomic E-state index is 0.375. The van der Waals surface area contributed by atoms with E-state index in [2.05, 4.69) is 4.99 Å². The van der Waals surface area contributed by atoms with Crippen molar-refractivity contribution in [2.24, 2.45) is 10.9 Å². The first kappa shape index (κ1) is 23.5. The lowest BCUT2D eigenvalue weighted by atomic mass is 9.81. The molecule has 0 aliphatic carbocycles. The van der Waals surface area contributed by atoms with Crippen LogP contribution < -0.4 is 0 Å². The number of aliphatic imine (C=N–C) groups is 1. The Kier molecular flexibility index (Phi) is 7.51. The molecular weight excluding hydrogens is 424 g/mol. The van der Waals surface area contributed by atoms with Gasteiger partial charge in [0.25, 0.3) is 5.08 Å². The predicted molar refractivity (Wildman–Crippen MR) is 110 cm³/mol. The van der Waals surface area contributed by atoms with E-state index in [4.69, 9.17) is 0 Å². The van der Waals surface area contributed by atoms with E-state index in [0.29, 0.717) is 18.6 Å². The molecule has 0 amide bonds. The fourth-order valence-corrected chi connectivity index (χ4v) is 6.27. The molecule has 28 heavy (non-hydrogen) atoms. The van der Waals surface area contributed by atoms with Crippen molar-refractivity contribution >= 4 is 33.2 Å². The number of benzene rings is 1. The monoisotopic (exact) mass is 449 g/mol.